The van der Waals surface area contributed by atoms with E-state index in [1.807, 2.05) is 0 Å². The van der Waals surface area contributed by atoms with Gasteiger partial charge in [-0.1, -0.05) is 20.3 Å². The van der Waals surface area contributed by atoms with Crippen molar-refractivity contribution in [3.63, 3.8) is 0 Å². The van der Waals surface area contributed by atoms with E-state index in [1.165, 1.54) is 19.3 Å². The summed E-state index contributed by atoms with van der Waals surface area (Å²) in [5.74, 6) is 0.651. The van der Waals surface area contributed by atoms with Gasteiger partial charge in [0, 0.05) is 25.0 Å². The van der Waals surface area contributed by atoms with Crippen molar-refractivity contribution in [2.24, 2.45) is 5.92 Å². The van der Waals surface area contributed by atoms with Crippen LogP contribution in [0.4, 0.5) is 0 Å². The third-order valence-corrected chi connectivity index (χ3v) is 3.56. The number of aromatic nitrogens is 2. The maximum atomic E-state index is 12.1. The Labute approximate surface area is 120 Å². The molecule has 0 radical (unpaired) electrons. The molecule has 20 heavy (non-hydrogen) atoms. The van der Waals surface area contributed by atoms with Gasteiger partial charge in [0.25, 0.3) is 5.88 Å². The molecule has 1 unspecified atom stereocenters. The van der Waals surface area contributed by atoms with Crippen LogP contribution < -0.4 is 15.6 Å². The van der Waals surface area contributed by atoms with Gasteiger partial charge in [0.15, 0.2) is 0 Å². The molecule has 1 aliphatic heterocycles. The summed E-state index contributed by atoms with van der Waals surface area (Å²) in [4.78, 5) is 16.2. The van der Waals surface area contributed by atoms with E-state index in [-0.39, 0.29) is 11.4 Å². The van der Waals surface area contributed by atoms with Crippen LogP contribution in [0.25, 0.3) is 0 Å². The van der Waals surface area contributed by atoms with E-state index in [1.54, 1.807) is 17.0 Å². The molecular formula is C15H25N3O2. The first-order valence-electron chi connectivity index (χ1n) is 7.58. The summed E-state index contributed by atoms with van der Waals surface area (Å²) in [6.07, 6.45) is 8.03. The molecule has 5 heteroatoms. The fourth-order valence-electron chi connectivity index (χ4n) is 2.53. The van der Waals surface area contributed by atoms with Crippen molar-refractivity contribution in [2.45, 2.75) is 52.1 Å². The topological polar surface area (TPSA) is 56.1 Å². The Morgan fingerprint density at radius 2 is 2.35 bits per heavy atom. The molecule has 0 saturated carbocycles. The van der Waals surface area contributed by atoms with Crippen LogP contribution in [0.1, 0.15) is 39.5 Å². The summed E-state index contributed by atoms with van der Waals surface area (Å²) < 4.78 is 7.25. The second kappa shape index (κ2) is 7.43. The molecule has 1 aromatic heterocycles. The molecule has 1 atom stereocenters. The predicted molar refractivity (Wildman–Crippen MR) is 79.1 cm³/mol. The van der Waals surface area contributed by atoms with E-state index >= 15 is 0 Å². The summed E-state index contributed by atoms with van der Waals surface area (Å²) >= 11 is 0. The summed E-state index contributed by atoms with van der Waals surface area (Å²) in [7, 11) is 0. The first-order valence-corrected chi connectivity index (χ1v) is 7.58. The van der Waals surface area contributed by atoms with Gasteiger partial charge in [0.2, 0.25) is 0 Å². The van der Waals surface area contributed by atoms with E-state index in [9.17, 15) is 4.79 Å². The van der Waals surface area contributed by atoms with Crippen molar-refractivity contribution in [1.82, 2.24) is 14.9 Å². The van der Waals surface area contributed by atoms with Gasteiger partial charge in [-0.3, -0.25) is 4.79 Å². The molecule has 1 N–H and O–H groups in total. The van der Waals surface area contributed by atoms with Gasteiger partial charge in [-0.05, 0) is 31.7 Å². The van der Waals surface area contributed by atoms with Crippen LogP contribution in [0.5, 0.6) is 5.88 Å². The SMILES string of the molecule is CC(C)Cn1ccnc(OCCC2CCCCN2)c1=O. The van der Waals surface area contributed by atoms with Crippen molar-refractivity contribution >= 4 is 0 Å². The van der Waals surface area contributed by atoms with Crippen molar-refractivity contribution < 1.29 is 4.74 Å². The van der Waals surface area contributed by atoms with Gasteiger partial charge in [-0.2, -0.15) is 0 Å². The lowest BCUT2D eigenvalue weighted by atomic mass is 10.0. The highest BCUT2D eigenvalue weighted by atomic mass is 16.5. The Bertz CT molecular complexity index is 464. The van der Waals surface area contributed by atoms with Crippen molar-refractivity contribution in [3.8, 4) is 5.88 Å². The van der Waals surface area contributed by atoms with Crippen molar-refractivity contribution in [2.75, 3.05) is 13.2 Å². The highest BCUT2D eigenvalue weighted by Gasteiger charge is 2.13. The Morgan fingerprint density at radius 1 is 1.50 bits per heavy atom. The van der Waals surface area contributed by atoms with Gasteiger partial charge < -0.3 is 14.6 Å². The van der Waals surface area contributed by atoms with Crippen LogP contribution in [0.15, 0.2) is 17.2 Å². The molecule has 5 nitrogen and oxygen atoms in total. The Kier molecular flexibility index (Phi) is 5.59. The summed E-state index contributed by atoms with van der Waals surface area (Å²) in [5, 5.41) is 3.47. The van der Waals surface area contributed by atoms with Gasteiger partial charge in [-0.25, -0.2) is 4.98 Å². The summed E-state index contributed by atoms with van der Waals surface area (Å²) in [6.45, 7) is 6.51. The van der Waals surface area contributed by atoms with Crippen molar-refractivity contribution in [1.29, 1.82) is 0 Å². The summed E-state index contributed by atoms with van der Waals surface area (Å²) in [5.41, 5.74) is -0.127. The molecule has 0 aromatic carbocycles. The Balaban J connectivity index is 1.87. The molecular weight excluding hydrogens is 254 g/mol. The molecule has 1 aromatic rings. The minimum atomic E-state index is -0.127. The summed E-state index contributed by atoms with van der Waals surface area (Å²) in [6, 6.07) is 0.519. The monoisotopic (exact) mass is 279 g/mol. The second-order valence-electron chi connectivity index (χ2n) is 5.87. The number of nitrogens with zero attached hydrogens (tertiary/aromatic N) is 2. The zero-order valence-corrected chi connectivity index (χ0v) is 12.5. The molecule has 2 rings (SSSR count). The number of piperidine rings is 1. The van der Waals surface area contributed by atoms with Crippen LogP contribution in [0, 0.1) is 5.92 Å². The van der Waals surface area contributed by atoms with Crippen LogP contribution in [0.3, 0.4) is 0 Å². The second-order valence-corrected chi connectivity index (χ2v) is 5.87. The fraction of sp³-hybridized carbons (Fsp3) is 0.733. The molecule has 0 bridgehead atoms. The first-order chi connectivity index (χ1) is 9.66. The van der Waals surface area contributed by atoms with Crippen LogP contribution >= 0.6 is 0 Å². The fourth-order valence-corrected chi connectivity index (χ4v) is 2.53. The lowest BCUT2D eigenvalue weighted by Gasteiger charge is -2.23. The van der Waals surface area contributed by atoms with E-state index in [2.05, 4.69) is 24.1 Å². The average molecular weight is 279 g/mol. The first kappa shape index (κ1) is 15.0. The molecule has 1 aliphatic rings. The highest BCUT2D eigenvalue weighted by Crippen LogP contribution is 2.10. The van der Waals surface area contributed by atoms with Crippen LogP contribution in [-0.4, -0.2) is 28.7 Å². The number of nitrogens with one attached hydrogen (secondary N) is 1. The van der Waals surface area contributed by atoms with E-state index < -0.39 is 0 Å². The number of hydrogen-bond donors (Lipinski definition) is 1. The largest absolute Gasteiger partial charge is 0.474 e. The van der Waals surface area contributed by atoms with Crippen LogP contribution in [0.2, 0.25) is 0 Å². The minimum absolute atomic E-state index is 0.127. The highest BCUT2D eigenvalue weighted by molar-refractivity contribution is 5.04. The van der Waals surface area contributed by atoms with Gasteiger partial charge in [0.05, 0.1) is 6.61 Å². The van der Waals surface area contributed by atoms with E-state index in [0.717, 1.165) is 13.0 Å². The normalized spacial score (nSPS) is 19.2. The van der Waals surface area contributed by atoms with E-state index in [0.29, 0.717) is 25.1 Å². The molecule has 0 aliphatic carbocycles. The third-order valence-electron chi connectivity index (χ3n) is 3.56. The van der Waals surface area contributed by atoms with Gasteiger partial charge in [0.1, 0.15) is 0 Å². The lowest BCUT2D eigenvalue weighted by Crippen LogP contribution is -2.35. The molecule has 0 amide bonds. The van der Waals surface area contributed by atoms with E-state index in [4.69, 9.17) is 4.74 Å². The molecule has 112 valence electrons. The van der Waals surface area contributed by atoms with Crippen LogP contribution in [-0.2, 0) is 6.54 Å². The minimum Gasteiger partial charge on any atom is -0.474 e. The predicted octanol–water partition coefficient (Wildman–Crippen LogP) is 1.81. The Morgan fingerprint density at radius 3 is 3.05 bits per heavy atom. The lowest BCUT2D eigenvalue weighted by molar-refractivity contribution is 0.255. The standard InChI is InChI=1S/C15H25N3O2/c1-12(2)11-18-9-8-17-14(15(18)19)20-10-6-13-5-3-4-7-16-13/h8-9,12-13,16H,3-7,10-11H2,1-2H3. The quantitative estimate of drug-likeness (QED) is 0.863. The number of rotatable bonds is 6. The molecule has 1 saturated heterocycles. The Hall–Kier alpha value is -1.36. The zero-order chi connectivity index (χ0) is 14.4. The maximum Gasteiger partial charge on any atom is 0.313 e. The maximum absolute atomic E-state index is 12.1. The number of hydrogen-bond acceptors (Lipinski definition) is 4. The van der Waals surface area contributed by atoms with Gasteiger partial charge >= 0.3 is 5.56 Å². The molecule has 1 fully saturated rings. The smallest absolute Gasteiger partial charge is 0.313 e. The average Bonchev–Trinajstić information content (AvgIpc) is 2.43. The zero-order valence-electron chi connectivity index (χ0n) is 12.5. The molecule has 2 heterocycles. The van der Waals surface area contributed by atoms with Crippen molar-refractivity contribution in [3.05, 3.63) is 22.7 Å². The molecule has 0 spiro atoms. The van der Waals surface area contributed by atoms with Gasteiger partial charge in [-0.15, -0.1) is 0 Å². The third kappa shape index (κ3) is 4.34. The number of ether oxygens (including phenoxy) is 1.